The Balaban J connectivity index is 1.67. The molecule has 1 aliphatic rings. The zero-order valence-electron chi connectivity index (χ0n) is 12.2. The lowest BCUT2D eigenvalue weighted by Gasteiger charge is -2.10. The number of halogens is 1. The molecule has 0 atom stereocenters. The van der Waals surface area contributed by atoms with Crippen LogP contribution < -0.4 is 9.46 Å². The van der Waals surface area contributed by atoms with Gasteiger partial charge >= 0.3 is 0 Å². The van der Waals surface area contributed by atoms with Crippen LogP contribution in [-0.2, 0) is 16.4 Å². The molecule has 0 aliphatic carbocycles. The van der Waals surface area contributed by atoms with E-state index in [-0.39, 0.29) is 10.8 Å². The normalized spacial score (nSPS) is 13.5. The van der Waals surface area contributed by atoms with Gasteiger partial charge in [-0.3, -0.25) is 0 Å². The van der Waals surface area contributed by atoms with Crippen molar-refractivity contribution in [1.29, 1.82) is 0 Å². The fourth-order valence-corrected chi connectivity index (χ4v) is 4.33. The maximum atomic E-state index is 12.7. The molecule has 0 unspecified atom stereocenters. The van der Waals surface area contributed by atoms with E-state index in [0.29, 0.717) is 34.7 Å². The lowest BCUT2D eigenvalue weighted by Crippen LogP contribution is -2.13. The highest BCUT2D eigenvalue weighted by Crippen LogP contribution is 2.36. The summed E-state index contributed by atoms with van der Waals surface area (Å²) in [6.45, 7) is 0.458. The van der Waals surface area contributed by atoms with Gasteiger partial charge < -0.3 is 13.7 Å². The molecule has 24 heavy (non-hydrogen) atoms. The van der Waals surface area contributed by atoms with Crippen molar-refractivity contribution in [1.82, 2.24) is 5.16 Å². The fraction of sp³-hybridized carbons (Fsp3) is 0.133. The average Bonchev–Trinajstić information content (AvgIpc) is 3.26. The van der Waals surface area contributed by atoms with Gasteiger partial charge in [-0.05, 0) is 24.3 Å². The number of nitrogens with zero attached hydrogens (tertiary/aromatic N) is 1. The third kappa shape index (κ3) is 2.69. The lowest BCUT2D eigenvalue weighted by molar-refractivity contribution is 0.348. The Morgan fingerprint density at radius 3 is 2.92 bits per heavy atom. The predicted octanol–water partition coefficient (Wildman–Crippen LogP) is 3.43. The number of sulfonamides is 1. The van der Waals surface area contributed by atoms with E-state index >= 15 is 0 Å². The number of nitrogens with one attached hydrogen (secondary N) is 1. The first-order valence-electron chi connectivity index (χ1n) is 7.01. The Kier molecular flexibility index (Phi) is 3.61. The molecule has 3 aromatic rings. The number of benzene rings is 1. The number of ether oxygens (including phenoxy) is 1. The van der Waals surface area contributed by atoms with Crippen molar-refractivity contribution in [2.45, 2.75) is 11.3 Å². The summed E-state index contributed by atoms with van der Waals surface area (Å²) >= 11 is 3.33. The molecule has 4 rings (SSSR count). The van der Waals surface area contributed by atoms with Crippen molar-refractivity contribution in [3.05, 3.63) is 46.6 Å². The second kappa shape index (κ2) is 5.67. The molecular formula is C15H11BrN2O5S. The summed E-state index contributed by atoms with van der Waals surface area (Å²) in [5.74, 6) is 0.848. The van der Waals surface area contributed by atoms with Crippen molar-refractivity contribution < 1.29 is 22.1 Å². The van der Waals surface area contributed by atoms with Crippen LogP contribution in [0, 0.1) is 0 Å². The molecule has 1 aromatic carbocycles. The summed E-state index contributed by atoms with van der Waals surface area (Å²) in [5.41, 5.74) is 1.24. The Morgan fingerprint density at radius 1 is 1.25 bits per heavy atom. The van der Waals surface area contributed by atoms with E-state index in [0.717, 1.165) is 5.56 Å². The van der Waals surface area contributed by atoms with Gasteiger partial charge in [0.25, 0.3) is 10.0 Å². The number of hydrogen-bond donors (Lipinski definition) is 1. The Morgan fingerprint density at radius 2 is 2.12 bits per heavy atom. The first-order valence-corrected chi connectivity index (χ1v) is 9.29. The van der Waals surface area contributed by atoms with E-state index in [2.05, 4.69) is 25.8 Å². The minimum atomic E-state index is -3.89. The molecule has 1 aliphatic heterocycles. The molecule has 9 heteroatoms. The van der Waals surface area contributed by atoms with Gasteiger partial charge in [-0.1, -0.05) is 21.1 Å². The van der Waals surface area contributed by atoms with Crippen molar-refractivity contribution in [2.24, 2.45) is 0 Å². The third-order valence-electron chi connectivity index (χ3n) is 3.52. The average molecular weight is 411 g/mol. The molecule has 7 nitrogen and oxygen atoms in total. The first-order chi connectivity index (χ1) is 11.5. The molecule has 0 saturated heterocycles. The fourth-order valence-electron chi connectivity index (χ4n) is 2.49. The maximum absolute atomic E-state index is 12.7. The molecule has 0 fully saturated rings. The minimum Gasteiger partial charge on any atom is -0.492 e. The van der Waals surface area contributed by atoms with E-state index in [9.17, 15) is 8.42 Å². The van der Waals surface area contributed by atoms with Gasteiger partial charge in [-0.15, -0.1) is 0 Å². The van der Waals surface area contributed by atoms with E-state index in [1.165, 1.54) is 18.4 Å². The van der Waals surface area contributed by atoms with Gasteiger partial charge in [-0.25, -0.2) is 13.1 Å². The van der Waals surface area contributed by atoms with Gasteiger partial charge in [0.05, 0.1) is 12.9 Å². The van der Waals surface area contributed by atoms with Crippen LogP contribution in [0.25, 0.3) is 11.5 Å². The van der Waals surface area contributed by atoms with Gasteiger partial charge in [0.2, 0.25) is 5.88 Å². The highest BCUT2D eigenvalue weighted by Gasteiger charge is 2.27. The number of furan rings is 1. The van der Waals surface area contributed by atoms with Crippen LogP contribution in [0.1, 0.15) is 5.56 Å². The summed E-state index contributed by atoms with van der Waals surface area (Å²) in [5, 5.41) is 3.79. The molecule has 124 valence electrons. The van der Waals surface area contributed by atoms with Crippen LogP contribution in [0.2, 0.25) is 0 Å². The number of hydrogen-bond acceptors (Lipinski definition) is 6. The van der Waals surface area contributed by atoms with Crippen LogP contribution in [-0.4, -0.2) is 20.2 Å². The van der Waals surface area contributed by atoms with Crippen LogP contribution in [0.4, 0.5) is 5.88 Å². The highest BCUT2D eigenvalue weighted by atomic mass is 79.9. The van der Waals surface area contributed by atoms with Crippen molar-refractivity contribution in [2.75, 3.05) is 11.3 Å². The number of fused-ring (bicyclic) bond motifs is 1. The minimum absolute atomic E-state index is 0.00637. The van der Waals surface area contributed by atoms with Crippen LogP contribution >= 0.6 is 15.9 Å². The second-order valence-electron chi connectivity index (χ2n) is 5.15. The molecule has 0 radical (unpaired) electrons. The molecule has 0 spiro atoms. The van der Waals surface area contributed by atoms with E-state index in [4.69, 9.17) is 13.7 Å². The summed E-state index contributed by atoms with van der Waals surface area (Å²) < 4.78 is 44.1. The summed E-state index contributed by atoms with van der Waals surface area (Å²) in [7, 11) is -3.89. The summed E-state index contributed by atoms with van der Waals surface area (Å²) in [4.78, 5) is 0.0559. The van der Waals surface area contributed by atoms with Gasteiger partial charge in [0, 0.05) is 22.5 Å². The smallest absolute Gasteiger partial charge is 0.267 e. The van der Waals surface area contributed by atoms with Gasteiger partial charge in [0.1, 0.15) is 10.6 Å². The van der Waals surface area contributed by atoms with Crippen molar-refractivity contribution in [3.63, 3.8) is 0 Å². The predicted molar refractivity (Wildman–Crippen MR) is 88.4 cm³/mol. The van der Waals surface area contributed by atoms with E-state index in [1.807, 2.05) is 6.07 Å². The highest BCUT2D eigenvalue weighted by molar-refractivity contribution is 9.10. The van der Waals surface area contributed by atoms with Crippen LogP contribution in [0.5, 0.6) is 5.75 Å². The summed E-state index contributed by atoms with van der Waals surface area (Å²) in [6, 6.07) is 8.21. The Hall–Kier alpha value is -2.26. The SMILES string of the molecule is O=S(=O)(Nc1cc(-c2ccco2)no1)c1cc(Br)cc2c1OCC2. The lowest BCUT2D eigenvalue weighted by atomic mass is 10.2. The molecule has 1 N–H and O–H groups in total. The quantitative estimate of drug-likeness (QED) is 0.707. The Bertz CT molecular complexity index is 995. The number of anilines is 1. The molecular weight excluding hydrogens is 400 g/mol. The van der Waals surface area contributed by atoms with Crippen molar-refractivity contribution >= 4 is 31.8 Å². The molecule has 3 heterocycles. The van der Waals surface area contributed by atoms with Crippen LogP contribution in [0.3, 0.4) is 0 Å². The maximum Gasteiger partial charge on any atom is 0.267 e. The zero-order valence-corrected chi connectivity index (χ0v) is 14.6. The first kappa shape index (κ1) is 15.3. The second-order valence-corrected chi connectivity index (χ2v) is 7.72. The third-order valence-corrected chi connectivity index (χ3v) is 5.33. The monoisotopic (exact) mass is 410 g/mol. The zero-order chi connectivity index (χ0) is 16.7. The van der Waals surface area contributed by atoms with Crippen molar-refractivity contribution in [3.8, 4) is 17.2 Å². The van der Waals surface area contributed by atoms with Gasteiger partial charge in [-0.2, -0.15) is 0 Å². The van der Waals surface area contributed by atoms with Gasteiger partial charge in [0.15, 0.2) is 11.5 Å². The topological polar surface area (TPSA) is 94.6 Å². The largest absolute Gasteiger partial charge is 0.492 e. The molecule has 0 amide bonds. The standard InChI is InChI=1S/C15H11BrN2O5S/c16-10-6-9-3-5-22-15(9)13(7-10)24(19,20)18-14-8-11(17-23-14)12-2-1-4-21-12/h1-2,4,6-8,18H,3,5H2. The van der Waals surface area contributed by atoms with Crippen LogP contribution in [0.15, 0.2) is 54.9 Å². The Labute approximate surface area is 145 Å². The van der Waals surface area contributed by atoms with E-state index < -0.39 is 10.0 Å². The summed E-state index contributed by atoms with van der Waals surface area (Å²) in [6.07, 6.45) is 2.16. The molecule has 0 saturated carbocycles. The van der Waals surface area contributed by atoms with E-state index in [1.54, 1.807) is 12.1 Å². The number of rotatable bonds is 4. The molecule has 0 bridgehead atoms. The molecule has 2 aromatic heterocycles. The number of aromatic nitrogens is 1.